The molecule has 3 atom stereocenters. The van der Waals surface area contributed by atoms with Gasteiger partial charge in [-0.05, 0) is 19.3 Å². The molecule has 0 radical (unpaired) electrons. The zero-order valence-electron chi connectivity index (χ0n) is 10.8. The Morgan fingerprint density at radius 3 is 3.06 bits per heavy atom. The third-order valence-corrected chi connectivity index (χ3v) is 3.14. The number of rotatable bonds is 7. The Hall–Kier alpha value is -0.650. The van der Waals surface area contributed by atoms with Gasteiger partial charge < -0.3 is 20.5 Å². The molecule has 0 aromatic carbocycles. The van der Waals surface area contributed by atoms with Crippen LogP contribution in [0.2, 0.25) is 0 Å². The summed E-state index contributed by atoms with van der Waals surface area (Å²) < 4.78 is 10.4. The van der Waals surface area contributed by atoms with Crippen LogP contribution >= 0.6 is 0 Å². The number of hydrogen-bond acceptors (Lipinski definition) is 4. The average molecular weight is 244 g/mol. The van der Waals surface area contributed by atoms with E-state index in [0.717, 1.165) is 19.3 Å². The Balaban J connectivity index is 2.20. The Kier molecular flexibility index (Phi) is 6.47. The van der Waals surface area contributed by atoms with Gasteiger partial charge >= 0.3 is 0 Å². The molecule has 1 fully saturated rings. The molecule has 0 saturated carbocycles. The van der Waals surface area contributed by atoms with Gasteiger partial charge in [0.1, 0.15) is 0 Å². The summed E-state index contributed by atoms with van der Waals surface area (Å²) in [5, 5.41) is 2.92. The summed E-state index contributed by atoms with van der Waals surface area (Å²) in [6.45, 7) is 3.88. The van der Waals surface area contributed by atoms with Gasteiger partial charge in [0, 0.05) is 26.3 Å². The van der Waals surface area contributed by atoms with Crippen molar-refractivity contribution in [3.63, 3.8) is 0 Å². The summed E-state index contributed by atoms with van der Waals surface area (Å²) in [5.41, 5.74) is 5.78. The van der Waals surface area contributed by atoms with Gasteiger partial charge in [-0.3, -0.25) is 4.79 Å². The van der Waals surface area contributed by atoms with Crippen molar-refractivity contribution in [3.8, 4) is 0 Å². The van der Waals surface area contributed by atoms with Crippen LogP contribution < -0.4 is 11.1 Å². The van der Waals surface area contributed by atoms with Crippen LogP contribution in [0.1, 0.15) is 26.2 Å². The van der Waals surface area contributed by atoms with E-state index in [-0.39, 0.29) is 24.0 Å². The number of amides is 1. The smallest absolute Gasteiger partial charge is 0.225 e. The number of carbonyl (C=O) groups is 1. The Labute approximate surface area is 103 Å². The maximum atomic E-state index is 11.9. The number of ether oxygens (including phenoxy) is 2. The van der Waals surface area contributed by atoms with Gasteiger partial charge in [-0.25, -0.2) is 0 Å². The SMILES string of the molecule is CCC1OCCC1C(=O)NCCC(N)COC. The molecule has 0 aromatic heterocycles. The minimum absolute atomic E-state index is 0.0119. The summed E-state index contributed by atoms with van der Waals surface area (Å²) in [6.07, 6.45) is 2.54. The molecule has 17 heavy (non-hydrogen) atoms. The summed E-state index contributed by atoms with van der Waals surface area (Å²) in [7, 11) is 1.63. The number of nitrogens with one attached hydrogen (secondary N) is 1. The highest BCUT2D eigenvalue weighted by molar-refractivity contribution is 5.79. The fourth-order valence-corrected chi connectivity index (χ4v) is 2.16. The molecule has 1 heterocycles. The van der Waals surface area contributed by atoms with Gasteiger partial charge in [0.15, 0.2) is 0 Å². The molecule has 0 aliphatic carbocycles. The van der Waals surface area contributed by atoms with Crippen LogP contribution in [0, 0.1) is 5.92 Å². The lowest BCUT2D eigenvalue weighted by molar-refractivity contribution is -0.126. The first-order valence-corrected chi connectivity index (χ1v) is 6.32. The Morgan fingerprint density at radius 2 is 2.41 bits per heavy atom. The van der Waals surface area contributed by atoms with Crippen LogP contribution in [-0.4, -0.2) is 44.9 Å². The maximum absolute atomic E-state index is 11.9. The number of nitrogens with two attached hydrogens (primary N) is 1. The van der Waals surface area contributed by atoms with Gasteiger partial charge in [0.25, 0.3) is 0 Å². The van der Waals surface area contributed by atoms with Crippen molar-refractivity contribution in [2.45, 2.75) is 38.3 Å². The first-order chi connectivity index (χ1) is 8.19. The van der Waals surface area contributed by atoms with Crippen molar-refractivity contribution < 1.29 is 14.3 Å². The molecule has 1 aliphatic heterocycles. The highest BCUT2D eigenvalue weighted by atomic mass is 16.5. The van der Waals surface area contributed by atoms with E-state index in [9.17, 15) is 4.79 Å². The monoisotopic (exact) mass is 244 g/mol. The minimum Gasteiger partial charge on any atom is -0.383 e. The first-order valence-electron chi connectivity index (χ1n) is 6.32. The van der Waals surface area contributed by atoms with E-state index in [1.54, 1.807) is 7.11 Å². The highest BCUT2D eigenvalue weighted by Gasteiger charge is 2.32. The van der Waals surface area contributed by atoms with Crippen molar-refractivity contribution in [1.82, 2.24) is 5.32 Å². The Bertz CT molecular complexity index is 236. The van der Waals surface area contributed by atoms with Gasteiger partial charge in [-0.2, -0.15) is 0 Å². The Morgan fingerprint density at radius 1 is 1.65 bits per heavy atom. The predicted molar refractivity (Wildman–Crippen MR) is 65.6 cm³/mol. The summed E-state index contributed by atoms with van der Waals surface area (Å²) in [6, 6.07) is -0.0119. The van der Waals surface area contributed by atoms with Crippen molar-refractivity contribution in [2.75, 3.05) is 26.9 Å². The quantitative estimate of drug-likeness (QED) is 0.674. The summed E-state index contributed by atoms with van der Waals surface area (Å²) >= 11 is 0. The second kappa shape index (κ2) is 7.63. The second-order valence-corrected chi connectivity index (χ2v) is 4.51. The topological polar surface area (TPSA) is 73.6 Å². The lowest BCUT2D eigenvalue weighted by Crippen LogP contribution is -2.38. The number of hydrogen-bond donors (Lipinski definition) is 2. The van der Waals surface area contributed by atoms with Gasteiger partial charge in [-0.15, -0.1) is 0 Å². The van der Waals surface area contributed by atoms with E-state index in [1.807, 2.05) is 6.92 Å². The zero-order valence-corrected chi connectivity index (χ0v) is 10.8. The normalized spacial score (nSPS) is 25.8. The van der Waals surface area contributed by atoms with E-state index < -0.39 is 0 Å². The molecule has 5 heteroatoms. The molecule has 0 spiro atoms. The van der Waals surface area contributed by atoms with Crippen LogP contribution in [-0.2, 0) is 14.3 Å². The van der Waals surface area contributed by atoms with Crippen molar-refractivity contribution >= 4 is 5.91 Å². The molecule has 1 amide bonds. The van der Waals surface area contributed by atoms with Crippen molar-refractivity contribution in [2.24, 2.45) is 11.7 Å². The molecular formula is C12H24N2O3. The van der Waals surface area contributed by atoms with E-state index in [1.165, 1.54) is 0 Å². The standard InChI is InChI=1S/C12H24N2O3/c1-3-11-10(5-7-17-11)12(15)14-6-4-9(13)8-16-2/h9-11H,3-8,13H2,1-2H3,(H,14,15). The fraction of sp³-hybridized carbons (Fsp3) is 0.917. The average Bonchev–Trinajstić information content (AvgIpc) is 2.77. The van der Waals surface area contributed by atoms with E-state index in [2.05, 4.69) is 5.32 Å². The molecule has 0 bridgehead atoms. The summed E-state index contributed by atoms with van der Waals surface area (Å²) in [5.74, 6) is 0.109. The van der Waals surface area contributed by atoms with Crippen LogP contribution in [0.3, 0.4) is 0 Å². The lowest BCUT2D eigenvalue weighted by atomic mass is 9.98. The molecule has 100 valence electrons. The molecule has 1 saturated heterocycles. The fourth-order valence-electron chi connectivity index (χ4n) is 2.16. The highest BCUT2D eigenvalue weighted by Crippen LogP contribution is 2.23. The van der Waals surface area contributed by atoms with Gasteiger partial charge in [0.05, 0.1) is 18.6 Å². The van der Waals surface area contributed by atoms with Gasteiger partial charge in [0.2, 0.25) is 5.91 Å². The molecule has 1 aliphatic rings. The lowest BCUT2D eigenvalue weighted by Gasteiger charge is -2.17. The summed E-state index contributed by atoms with van der Waals surface area (Å²) in [4.78, 5) is 11.9. The van der Waals surface area contributed by atoms with Crippen molar-refractivity contribution in [1.29, 1.82) is 0 Å². The van der Waals surface area contributed by atoms with E-state index >= 15 is 0 Å². The zero-order chi connectivity index (χ0) is 12.7. The predicted octanol–water partition coefficient (Wildman–Crippen LogP) is 0.282. The minimum atomic E-state index is -0.0119. The first kappa shape index (κ1) is 14.4. The molecule has 3 unspecified atom stereocenters. The molecular weight excluding hydrogens is 220 g/mol. The maximum Gasteiger partial charge on any atom is 0.225 e. The van der Waals surface area contributed by atoms with Crippen molar-refractivity contribution in [3.05, 3.63) is 0 Å². The van der Waals surface area contributed by atoms with Crippen LogP contribution in [0.15, 0.2) is 0 Å². The second-order valence-electron chi connectivity index (χ2n) is 4.51. The van der Waals surface area contributed by atoms with Gasteiger partial charge in [-0.1, -0.05) is 6.92 Å². The van der Waals surface area contributed by atoms with Crippen LogP contribution in [0.25, 0.3) is 0 Å². The van der Waals surface area contributed by atoms with Crippen LogP contribution in [0.4, 0.5) is 0 Å². The third kappa shape index (κ3) is 4.61. The number of methoxy groups -OCH3 is 1. The van der Waals surface area contributed by atoms with E-state index in [0.29, 0.717) is 19.8 Å². The molecule has 3 N–H and O–H groups in total. The molecule has 5 nitrogen and oxygen atoms in total. The number of carbonyl (C=O) groups excluding carboxylic acids is 1. The third-order valence-electron chi connectivity index (χ3n) is 3.14. The van der Waals surface area contributed by atoms with E-state index in [4.69, 9.17) is 15.2 Å². The van der Waals surface area contributed by atoms with Crippen LogP contribution in [0.5, 0.6) is 0 Å². The molecule has 1 rings (SSSR count). The largest absolute Gasteiger partial charge is 0.383 e. The molecule has 0 aromatic rings.